The van der Waals surface area contributed by atoms with Crippen molar-refractivity contribution in [1.29, 1.82) is 10.5 Å². The Balaban J connectivity index is 1.41. The van der Waals surface area contributed by atoms with Crippen molar-refractivity contribution in [1.82, 2.24) is 44.9 Å². The molecular weight excluding hydrogens is 695 g/mol. The van der Waals surface area contributed by atoms with Crippen molar-refractivity contribution in [2.24, 2.45) is 0 Å². The molecule has 3 aromatic heterocycles. The highest BCUT2D eigenvalue weighted by Crippen LogP contribution is 2.44. The molecule has 0 bridgehead atoms. The zero-order chi connectivity index (χ0) is 37.6. The summed E-state index contributed by atoms with van der Waals surface area (Å²) in [6.07, 6.45) is 6.75. The number of nitrogens with one attached hydrogen (secondary N) is 1. The number of fused-ring (bicyclic) bond motifs is 4. The van der Waals surface area contributed by atoms with Crippen LogP contribution in [0.2, 0.25) is 5.02 Å². The second-order valence-electron chi connectivity index (χ2n) is 14.5. The van der Waals surface area contributed by atoms with E-state index in [2.05, 4.69) is 37.2 Å². The van der Waals surface area contributed by atoms with Crippen LogP contribution in [0.3, 0.4) is 0 Å². The van der Waals surface area contributed by atoms with Crippen LogP contribution in [-0.2, 0) is 11.2 Å². The van der Waals surface area contributed by atoms with E-state index in [1.54, 1.807) is 23.2 Å². The number of hydrogen-bond acceptors (Lipinski definition) is 10. The number of carbonyl (C=O) groups is 1. The second kappa shape index (κ2) is 14.7. The number of likely N-dealkylation sites (tertiary alicyclic amines) is 1. The van der Waals surface area contributed by atoms with Crippen LogP contribution >= 0.6 is 11.6 Å². The lowest BCUT2D eigenvalue weighted by molar-refractivity contribution is -0.130. The minimum absolute atomic E-state index is 0.126. The van der Waals surface area contributed by atoms with Gasteiger partial charge in [0.1, 0.15) is 11.0 Å². The third-order valence-electron chi connectivity index (χ3n) is 10.7. The highest BCUT2D eigenvalue weighted by molar-refractivity contribution is 6.33. The Morgan fingerprint density at radius 3 is 2.64 bits per heavy atom. The fourth-order valence-corrected chi connectivity index (χ4v) is 7.91. The minimum Gasteiger partial charge on any atom is -0.351 e. The molecule has 2 fully saturated rings. The van der Waals surface area contributed by atoms with E-state index in [-0.39, 0.29) is 42.8 Å². The quantitative estimate of drug-likeness (QED) is 0.185. The van der Waals surface area contributed by atoms with E-state index in [9.17, 15) is 15.3 Å². The van der Waals surface area contributed by atoms with Crippen molar-refractivity contribution in [3.8, 4) is 23.3 Å². The second-order valence-corrected chi connectivity index (χ2v) is 15.0. The molecule has 7 rings (SSSR count). The van der Waals surface area contributed by atoms with E-state index in [4.69, 9.17) is 21.8 Å². The summed E-state index contributed by atoms with van der Waals surface area (Å²) >= 11 is 6.71. The number of aromatic amines is 1. The van der Waals surface area contributed by atoms with Gasteiger partial charge in [-0.05, 0) is 77.6 Å². The number of pyridine rings is 1. The molecule has 2 atom stereocenters. The maximum atomic E-state index is 17.6. The fourth-order valence-electron chi connectivity index (χ4n) is 7.71. The molecule has 2 aromatic carbocycles. The Morgan fingerprint density at radius 1 is 1.13 bits per heavy atom. The van der Waals surface area contributed by atoms with Crippen LogP contribution in [0.15, 0.2) is 30.5 Å². The number of aryl methyl sites for hydroxylation is 1. The van der Waals surface area contributed by atoms with E-state index in [1.807, 2.05) is 56.8 Å². The van der Waals surface area contributed by atoms with Crippen molar-refractivity contribution >= 4 is 56.2 Å². The lowest BCUT2D eigenvalue weighted by Gasteiger charge is -2.43. The van der Waals surface area contributed by atoms with Crippen LogP contribution in [-0.4, -0.2) is 117 Å². The minimum atomic E-state index is -0.517. The first-order valence-corrected chi connectivity index (χ1v) is 18.2. The molecule has 15 heteroatoms. The summed E-state index contributed by atoms with van der Waals surface area (Å²) in [7, 11) is 7.94. The van der Waals surface area contributed by atoms with Gasteiger partial charge in [-0.1, -0.05) is 22.9 Å². The standard InChI is InChI=1S/C38H42ClFN12O/c1-22-29(39)18-30-28(19-43-45-30)32(22)33-23(8-6-12-41)16-27-35(34(33)40)44-38(50-20-26(21-50)49(4)5)36-37(27)52(47-46-36)25-11-15-51(24(17-25)10-13-42)31(53)9-7-14-48(2)3/h7,9,16,18-19,24-26H,6,8,10-11,14-15,17,20-21H2,1-5H3,(H,43,45)/b9-7+/t24-,25+/m1/s1. The molecule has 1 amide bonds. The van der Waals surface area contributed by atoms with Crippen molar-refractivity contribution in [3.63, 3.8) is 0 Å². The number of amides is 1. The zero-order valence-electron chi connectivity index (χ0n) is 30.6. The molecule has 2 saturated heterocycles. The zero-order valence-corrected chi connectivity index (χ0v) is 31.3. The molecule has 0 saturated carbocycles. The van der Waals surface area contributed by atoms with E-state index in [0.717, 1.165) is 0 Å². The topological polar surface area (TPSA) is 150 Å². The SMILES string of the molecule is Cc1c(Cl)cc2[nH]ncc2c1-c1c(CCC#N)cc2c(nc(N3CC(N(C)C)C3)c3nnn([C@H]4CCN(C(=O)/C=C/CN(C)C)[C@H](CC#N)C4)c32)c1F. The highest BCUT2D eigenvalue weighted by atomic mass is 35.5. The van der Waals surface area contributed by atoms with Crippen LogP contribution in [0.25, 0.3) is 44.0 Å². The summed E-state index contributed by atoms with van der Waals surface area (Å²) in [6.45, 7) is 4.30. The van der Waals surface area contributed by atoms with Gasteiger partial charge in [-0.3, -0.25) is 9.89 Å². The largest absolute Gasteiger partial charge is 0.351 e. The summed E-state index contributed by atoms with van der Waals surface area (Å²) in [5, 5.41) is 37.8. The molecule has 2 aliphatic heterocycles. The van der Waals surface area contributed by atoms with E-state index >= 15 is 4.39 Å². The molecule has 274 valence electrons. The van der Waals surface area contributed by atoms with Crippen molar-refractivity contribution in [3.05, 3.63) is 52.4 Å². The number of H-pyrrole nitrogens is 1. The Hall–Kier alpha value is -5.15. The predicted molar refractivity (Wildman–Crippen MR) is 203 cm³/mol. The monoisotopic (exact) mass is 736 g/mol. The average Bonchev–Trinajstić information content (AvgIpc) is 3.76. The van der Waals surface area contributed by atoms with E-state index < -0.39 is 5.82 Å². The molecule has 5 aromatic rings. The first-order valence-electron chi connectivity index (χ1n) is 17.8. The Bertz CT molecular complexity index is 2330. The molecule has 0 radical (unpaired) electrons. The molecular formula is C38H42ClFN12O. The Morgan fingerprint density at radius 2 is 1.92 bits per heavy atom. The number of benzene rings is 2. The van der Waals surface area contributed by atoms with Crippen LogP contribution in [0.5, 0.6) is 0 Å². The highest BCUT2D eigenvalue weighted by Gasteiger charge is 2.36. The lowest BCUT2D eigenvalue weighted by Crippen LogP contribution is -2.57. The van der Waals surface area contributed by atoms with Gasteiger partial charge >= 0.3 is 0 Å². The summed E-state index contributed by atoms with van der Waals surface area (Å²) in [4.78, 5) is 26.3. The van der Waals surface area contributed by atoms with Gasteiger partial charge < -0.3 is 19.6 Å². The average molecular weight is 737 g/mol. The van der Waals surface area contributed by atoms with Crippen LogP contribution < -0.4 is 4.90 Å². The molecule has 13 nitrogen and oxygen atoms in total. The molecule has 1 N–H and O–H groups in total. The van der Waals surface area contributed by atoms with E-state index in [0.29, 0.717) is 105 Å². The Kier molecular flexibility index (Phi) is 10.0. The summed E-state index contributed by atoms with van der Waals surface area (Å²) in [5.41, 5.74) is 4.33. The van der Waals surface area contributed by atoms with Crippen molar-refractivity contribution in [2.45, 2.75) is 57.2 Å². The number of hydrogen-bond donors (Lipinski definition) is 1. The summed E-state index contributed by atoms with van der Waals surface area (Å²) in [5.74, 6) is -0.0925. The number of nitriles is 2. The maximum absolute atomic E-state index is 17.6. The molecule has 0 aliphatic carbocycles. The van der Waals surface area contributed by atoms with Gasteiger partial charge in [0.2, 0.25) is 5.91 Å². The van der Waals surface area contributed by atoms with Crippen LogP contribution in [0, 0.1) is 35.4 Å². The first-order chi connectivity index (χ1) is 25.5. The summed E-state index contributed by atoms with van der Waals surface area (Å²) in [6, 6.07) is 7.95. The molecule has 2 aliphatic rings. The third kappa shape index (κ3) is 6.56. The number of piperidine rings is 1. The van der Waals surface area contributed by atoms with E-state index in [1.165, 1.54) is 0 Å². The smallest absolute Gasteiger partial charge is 0.246 e. The lowest BCUT2D eigenvalue weighted by atomic mass is 9.89. The molecule has 53 heavy (non-hydrogen) atoms. The normalized spacial score (nSPS) is 18.2. The number of rotatable bonds is 10. The van der Waals surface area contributed by atoms with Crippen molar-refractivity contribution < 1.29 is 9.18 Å². The van der Waals surface area contributed by atoms with Gasteiger partial charge in [-0.25, -0.2) is 14.1 Å². The maximum Gasteiger partial charge on any atom is 0.246 e. The predicted octanol–water partition coefficient (Wildman–Crippen LogP) is 5.39. The number of nitrogens with zero attached hydrogens (tertiary/aromatic N) is 11. The van der Waals surface area contributed by atoms with Gasteiger partial charge in [-0.15, -0.1) is 5.10 Å². The number of halogens is 2. The number of carbonyl (C=O) groups excluding carboxylic acids is 1. The third-order valence-corrected chi connectivity index (χ3v) is 11.1. The number of anilines is 1. The van der Waals surface area contributed by atoms with Gasteiger partial charge in [-0.2, -0.15) is 15.6 Å². The van der Waals surface area contributed by atoms with Crippen LogP contribution in [0.1, 0.15) is 42.9 Å². The van der Waals surface area contributed by atoms with Gasteiger partial charge in [0, 0.05) is 77.7 Å². The number of aromatic nitrogens is 6. The van der Waals surface area contributed by atoms with Gasteiger partial charge in [0.05, 0.1) is 36.3 Å². The molecule has 5 heterocycles. The first kappa shape index (κ1) is 36.2. The van der Waals surface area contributed by atoms with Gasteiger partial charge in [0.25, 0.3) is 0 Å². The number of likely N-dealkylation sites (N-methyl/N-ethyl adjacent to an activating group) is 2. The molecule has 0 spiro atoms. The fraction of sp³-hybridized carbons (Fsp3) is 0.447. The van der Waals surface area contributed by atoms with Crippen molar-refractivity contribution in [2.75, 3.05) is 59.3 Å². The summed E-state index contributed by atoms with van der Waals surface area (Å²) < 4.78 is 19.5. The Labute approximate surface area is 312 Å². The van der Waals surface area contributed by atoms with Gasteiger partial charge in [0.15, 0.2) is 17.2 Å². The molecule has 0 unspecified atom stereocenters. The van der Waals surface area contributed by atoms with Crippen LogP contribution in [0.4, 0.5) is 10.2 Å².